The molecule has 2 N–H and O–H groups in total. The van der Waals surface area contributed by atoms with E-state index in [1.165, 1.54) is 17.4 Å². The van der Waals surface area contributed by atoms with Crippen LogP contribution in [0.2, 0.25) is 0 Å². The number of benzene rings is 1. The number of urea groups is 1. The highest BCUT2D eigenvalue weighted by Gasteiger charge is 2.69. The molecule has 0 spiro atoms. The number of imide groups is 1. The predicted molar refractivity (Wildman–Crippen MR) is 85.9 cm³/mol. The first kappa shape index (κ1) is 19.1. The summed E-state index contributed by atoms with van der Waals surface area (Å²) in [6, 6.07) is 2.98. The number of carbonyl (C=O) groups is 3. The lowest BCUT2D eigenvalue weighted by Gasteiger charge is -2.32. The molecule has 1 saturated heterocycles. The van der Waals surface area contributed by atoms with Crippen LogP contribution < -0.4 is 15.5 Å². The fraction of sp³-hybridized carbons (Fsp3) is 0.471. The Morgan fingerprint density at radius 1 is 1.15 bits per heavy atom. The summed E-state index contributed by atoms with van der Waals surface area (Å²) in [7, 11) is 0. The van der Waals surface area contributed by atoms with E-state index in [4.69, 9.17) is 0 Å². The fourth-order valence-electron chi connectivity index (χ4n) is 3.38. The molecule has 2 fully saturated rings. The number of amides is 4. The summed E-state index contributed by atoms with van der Waals surface area (Å²) in [6.07, 6.45) is -2.25. The molecule has 0 bridgehead atoms. The molecule has 1 aliphatic heterocycles. The molecule has 27 heavy (non-hydrogen) atoms. The Kier molecular flexibility index (Phi) is 4.83. The number of hydrogen-bond acceptors (Lipinski definition) is 3. The fourth-order valence-corrected chi connectivity index (χ4v) is 3.38. The van der Waals surface area contributed by atoms with Crippen LogP contribution >= 0.6 is 0 Å². The molecular weight excluding hydrogens is 370 g/mol. The topological polar surface area (TPSA) is 78.5 Å². The minimum atomic E-state index is -5.32. The van der Waals surface area contributed by atoms with Gasteiger partial charge in [-0.2, -0.15) is 13.2 Å². The molecule has 1 atom stereocenters. The lowest BCUT2D eigenvalue weighted by atomic mass is 9.88. The summed E-state index contributed by atoms with van der Waals surface area (Å²) >= 11 is 0. The zero-order valence-corrected chi connectivity index (χ0v) is 14.1. The van der Waals surface area contributed by atoms with Gasteiger partial charge in [0.2, 0.25) is 5.91 Å². The molecule has 146 valence electrons. The molecule has 3 rings (SSSR count). The van der Waals surface area contributed by atoms with Crippen molar-refractivity contribution >= 4 is 23.5 Å². The average Bonchev–Trinajstić information content (AvgIpc) is 2.87. The first-order valence-corrected chi connectivity index (χ1v) is 8.47. The number of halogens is 4. The minimum absolute atomic E-state index is 0.0595. The normalized spacial score (nSPS) is 24.1. The van der Waals surface area contributed by atoms with Crippen molar-refractivity contribution in [3.8, 4) is 0 Å². The molecule has 1 aromatic rings. The molecule has 1 aliphatic carbocycles. The highest BCUT2D eigenvalue weighted by molar-refractivity contribution is 6.24. The minimum Gasteiger partial charge on any atom is -0.318 e. The standard InChI is InChI=1S/C17H17F4N3O3/c18-11-8-4-5-9-12(11)24-14(26)16(17(19,20)21,23-15(24)27)22-13(25)10-6-2-1-3-7-10/h4-5,8-10H,1-3,6-7H2,(H,22,25)(H,23,27)/t16-/m0/s1. The smallest absolute Gasteiger partial charge is 0.318 e. The third-order valence-electron chi connectivity index (χ3n) is 4.83. The van der Waals surface area contributed by atoms with E-state index >= 15 is 0 Å². The number of carbonyl (C=O) groups excluding carboxylic acids is 3. The monoisotopic (exact) mass is 387 g/mol. The van der Waals surface area contributed by atoms with Gasteiger partial charge in [0.25, 0.3) is 11.6 Å². The van der Waals surface area contributed by atoms with Crippen molar-refractivity contribution in [1.29, 1.82) is 0 Å². The number of hydrogen-bond donors (Lipinski definition) is 2. The lowest BCUT2D eigenvalue weighted by Crippen LogP contribution is -2.70. The van der Waals surface area contributed by atoms with Gasteiger partial charge in [-0.05, 0) is 25.0 Å². The van der Waals surface area contributed by atoms with Gasteiger partial charge >= 0.3 is 12.2 Å². The molecule has 10 heteroatoms. The molecule has 1 saturated carbocycles. The quantitative estimate of drug-likeness (QED) is 0.619. The van der Waals surface area contributed by atoms with E-state index in [9.17, 15) is 31.9 Å². The second kappa shape index (κ2) is 6.82. The van der Waals surface area contributed by atoms with Crippen LogP contribution in [0.15, 0.2) is 24.3 Å². The molecule has 0 radical (unpaired) electrons. The van der Waals surface area contributed by atoms with Gasteiger partial charge in [0, 0.05) is 5.92 Å². The Morgan fingerprint density at radius 2 is 1.78 bits per heavy atom. The SMILES string of the molecule is O=C(N[C@]1(C(F)(F)F)NC(=O)N(c2ccccc2F)C1=O)C1CCCCC1. The first-order chi connectivity index (χ1) is 12.7. The van der Waals surface area contributed by atoms with Crippen LogP contribution in [-0.2, 0) is 9.59 Å². The van der Waals surface area contributed by atoms with Crippen LogP contribution in [0.25, 0.3) is 0 Å². The van der Waals surface area contributed by atoms with E-state index in [-0.39, 0.29) is 4.90 Å². The Balaban J connectivity index is 1.95. The molecular formula is C17H17F4N3O3. The summed E-state index contributed by atoms with van der Waals surface area (Å²) < 4.78 is 55.3. The van der Waals surface area contributed by atoms with E-state index in [2.05, 4.69) is 0 Å². The molecule has 4 amide bonds. The van der Waals surface area contributed by atoms with Gasteiger partial charge in [0.15, 0.2) is 0 Å². The van der Waals surface area contributed by atoms with Crippen molar-refractivity contribution < 1.29 is 31.9 Å². The van der Waals surface area contributed by atoms with E-state index < -0.39 is 47.1 Å². The van der Waals surface area contributed by atoms with Gasteiger partial charge < -0.3 is 5.32 Å². The summed E-state index contributed by atoms with van der Waals surface area (Å²) in [6.45, 7) is 0. The van der Waals surface area contributed by atoms with Gasteiger partial charge in [-0.15, -0.1) is 0 Å². The third-order valence-corrected chi connectivity index (χ3v) is 4.83. The van der Waals surface area contributed by atoms with E-state index in [0.717, 1.165) is 18.6 Å². The average molecular weight is 387 g/mol. The number of para-hydroxylation sites is 1. The van der Waals surface area contributed by atoms with Crippen LogP contribution in [0.3, 0.4) is 0 Å². The Labute approximate surface area is 151 Å². The largest absolute Gasteiger partial charge is 0.440 e. The van der Waals surface area contributed by atoms with Crippen LogP contribution in [-0.4, -0.2) is 29.7 Å². The molecule has 6 nitrogen and oxygen atoms in total. The second-order valence-electron chi connectivity index (χ2n) is 6.59. The van der Waals surface area contributed by atoms with Crippen molar-refractivity contribution in [3.05, 3.63) is 30.1 Å². The van der Waals surface area contributed by atoms with Gasteiger partial charge in [0.1, 0.15) is 5.82 Å². The maximum absolute atomic E-state index is 13.9. The number of alkyl halides is 3. The van der Waals surface area contributed by atoms with Crippen molar-refractivity contribution in [3.63, 3.8) is 0 Å². The van der Waals surface area contributed by atoms with Crippen LogP contribution in [0, 0.1) is 11.7 Å². The Hall–Kier alpha value is -2.65. The third kappa shape index (κ3) is 3.24. The summed E-state index contributed by atoms with van der Waals surface area (Å²) in [5.74, 6) is -4.48. The maximum Gasteiger partial charge on any atom is 0.440 e. The lowest BCUT2D eigenvalue weighted by molar-refractivity contribution is -0.202. The summed E-state index contributed by atoms with van der Waals surface area (Å²) in [5, 5.41) is 3.21. The Bertz CT molecular complexity index is 777. The first-order valence-electron chi connectivity index (χ1n) is 8.47. The maximum atomic E-state index is 13.9. The number of rotatable bonds is 3. The van der Waals surface area contributed by atoms with E-state index in [1.807, 2.05) is 0 Å². The number of nitrogens with zero attached hydrogens (tertiary/aromatic N) is 1. The molecule has 0 aromatic heterocycles. The molecule has 1 aromatic carbocycles. The number of nitrogens with one attached hydrogen (secondary N) is 2. The van der Waals surface area contributed by atoms with Crippen LogP contribution in [0.4, 0.5) is 28.0 Å². The zero-order chi connectivity index (χ0) is 19.8. The van der Waals surface area contributed by atoms with Gasteiger partial charge in [0.05, 0.1) is 5.69 Å². The van der Waals surface area contributed by atoms with E-state index in [1.54, 1.807) is 5.32 Å². The Morgan fingerprint density at radius 3 is 2.37 bits per heavy atom. The van der Waals surface area contributed by atoms with Crippen molar-refractivity contribution in [2.45, 2.75) is 43.9 Å². The van der Waals surface area contributed by atoms with Crippen molar-refractivity contribution in [1.82, 2.24) is 10.6 Å². The van der Waals surface area contributed by atoms with Crippen molar-refractivity contribution in [2.75, 3.05) is 4.90 Å². The van der Waals surface area contributed by atoms with Crippen LogP contribution in [0.5, 0.6) is 0 Å². The molecule has 0 unspecified atom stereocenters. The van der Waals surface area contributed by atoms with Gasteiger partial charge in [-0.1, -0.05) is 31.4 Å². The highest BCUT2D eigenvalue weighted by Crippen LogP contribution is 2.37. The predicted octanol–water partition coefficient (Wildman–Crippen LogP) is 2.84. The molecule has 1 heterocycles. The van der Waals surface area contributed by atoms with Crippen LogP contribution in [0.1, 0.15) is 32.1 Å². The molecule has 2 aliphatic rings. The van der Waals surface area contributed by atoms with E-state index in [0.29, 0.717) is 25.7 Å². The van der Waals surface area contributed by atoms with Gasteiger partial charge in [-0.3, -0.25) is 14.9 Å². The second-order valence-corrected chi connectivity index (χ2v) is 6.59. The number of anilines is 1. The summed E-state index contributed by atoms with van der Waals surface area (Å²) in [4.78, 5) is 37.2. The zero-order valence-electron chi connectivity index (χ0n) is 14.1. The highest BCUT2D eigenvalue weighted by atomic mass is 19.4. The van der Waals surface area contributed by atoms with Crippen molar-refractivity contribution in [2.24, 2.45) is 5.92 Å². The summed E-state index contributed by atoms with van der Waals surface area (Å²) in [5.41, 5.74) is -4.25. The van der Waals surface area contributed by atoms with Gasteiger partial charge in [-0.25, -0.2) is 14.1 Å².